The van der Waals surface area contributed by atoms with Crippen LogP contribution in [-0.2, 0) is 0 Å². The van der Waals surface area contributed by atoms with Crippen LogP contribution in [0, 0.1) is 5.92 Å². The summed E-state index contributed by atoms with van der Waals surface area (Å²) < 4.78 is 1.72. The zero-order valence-corrected chi connectivity index (χ0v) is 11.0. The van der Waals surface area contributed by atoms with Gasteiger partial charge in [0.2, 0.25) is 0 Å². The summed E-state index contributed by atoms with van der Waals surface area (Å²) >= 11 is 0. The van der Waals surface area contributed by atoms with Crippen molar-refractivity contribution in [1.29, 1.82) is 0 Å². The van der Waals surface area contributed by atoms with E-state index in [9.17, 15) is 4.79 Å². The van der Waals surface area contributed by atoms with Gasteiger partial charge >= 0.3 is 0 Å². The molecule has 2 N–H and O–H groups in total. The maximum atomic E-state index is 12.3. The minimum absolute atomic E-state index is 0.0400. The van der Waals surface area contributed by atoms with Crippen LogP contribution in [0.5, 0.6) is 0 Å². The Kier molecular flexibility index (Phi) is 3.21. The van der Waals surface area contributed by atoms with E-state index < -0.39 is 0 Å². The molecule has 1 aliphatic heterocycles. The summed E-state index contributed by atoms with van der Waals surface area (Å²) in [7, 11) is 0. The third-order valence-electron chi connectivity index (χ3n) is 3.82. The van der Waals surface area contributed by atoms with Gasteiger partial charge in [0.15, 0.2) is 0 Å². The Morgan fingerprint density at radius 2 is 2.42 bits per heavy atom. The molecule has 0 bridgehead atoms. The van der Waals surface area contributed by atoms with E-state index >= 15 is 0 Å². The van der Waals surface area contributed by atoms with Crippen LogP contribution in [0.15, 0.2) is 30.6 Å². The highest BCUT2D eigenvalue weighted by molar-refractivity contribution is 6.00. The van der Waals surface area contributed by atoms with Crippen LogP contribution in [0.3, 0.4) is 0 Å². The summed E-state index contributed by atoms with van der Waals surface area (Å²) in [5.41, 5.74) is 1.48. The molecule has 0 aromatic carbocycles. The number of carbonyl (C=O) groups is 1. The topological polar surface area (TPSA) is 58.4 Å². The number of piperidine rings is 1. The second kappa shape index (κ2) is 5.01. The molecular formula is C14H18N4O. The molecule has 5 heteroatoms. The highest BCUT2D eigenvalue weighted by Gasteiger charge is 2.24. The van der Waals surface area contributed by atoms with Gasteiger partial charge in [-0.3, -0.25) is 4.79 Å². The fourth-order valence-electron chi connectivity index (χ4n) is 2.54. The van der Waals surface area contributed by atoms with Crippen molar-refractivity contribution in [3.05, 3.63) is 36.2 Å². The average Bonchev–Trinajstić information content (AvgIpc) is 2.85. The Hall–Kier alpha value is -1.88. The molecule has 5 nitrogen and oxygen atoms in total. The van der Waals surface area contributed by atoms with Crippen LogP contribution in [-0.4, -0.2) is 34.7 Å². The predicted octanol–water partition coefficient (Wildman–Crippen LogP) is 1.06. The SMILES string of the molecule is CC1CCNCC1NC(=O)c1cnn2ccccc12. The van der Waals surface area contributed by atoms with E-state index in [0.29, 0.717) is 11.5 Å². The summed E-state index contributed by atoms with van der Waals surface area (Å²) in [5, 5.41) is 10.6. The Morgan fingerprint density at radius 1 is 1.53 bits per heavy atom. The number of nitrogens with one attached hydrogen (secondary N) is 2. The second-order valence-electron chi connectivity index (χ2n) is 5.14. The van der Waals surface area contributed by atoms with Gasteiger partial charge in [0.1, 0.15) is 0 Å². The summed E-state index contributed by atoms with van der Waals surface area (Å²) in [6.07, 6.45) is 4.57. The molecule has 0 saturated carbocycles. The maximum absolute atomic E-state index is 12.3. The molecule has 1 amide bonds. The molecular weight excluding hydrogens is 240 g/mol. The molecule has 2 aromatic rings. The Morgan fingerprint density at radius 3 is 3.26 bits per heavy atom. The molecule has 0 spiro atoms. The zero-order valence-electron chi connectivity index (χ0n) is 11.0. The highest BCUT2D eigenvalue weighted by atomic mass is 16.1. The molecule has 3 heterocycles. The van der Waals surface area contributed by atoms with Crippen molar-refractivity contribution in [2.45, 2.75) is 19.4 Å². The number of pyridine rings is 1. The smallest absolute Gasteiger partial charge is 0.255 e. The molecule has 3 rings (SSSR count). The van der Waals surface area contributed by atoms with Crippen molar-refractivity contribution in [1.82, 2.24) is 20.2 Å². The predicted molar refractivity (Wildman–Crippen MR) is 73.1 cm³/mol. The second-order valence-corrected chi connectivity index (χ2v) is 5.14. The third-order valence-corrected chi connectivity index (χ3v) is 3.82. The average molecular weight is 258 g/mol. The molecule has 0 aliphatic carbocycles. The lowest BCUT2D eigenvalue weighted by atomic mass is 9.94. The van der Waals surface area contributed by atoms with E-state index in [-0.39, 0.29) is 11.9 Å². The number of fused-ring (bicyclic) bond motifs is 1. The van der Waals surface area contributed by atoms with E-state index in [1.807, 2.05) is 24.4 Å². The fourth-order valence-corrected chi connectivity index (χ4v) is 2.54. The van der Waals surface area contributed by atoms with Gasteiger partial charge in [-0.2, -0.15) is 5.10 Å². The number of rotatable bonds is 2. The largest absolute Gasteiger partial charge is 0.348 e. The quantitative estimate of drug-likeness (QED) is 0.847. The monoisotopic (exact) mass is 258 g/mol. The fraction of sp³-hybridized carbons (Fsp3) is 0.429. The summed E-state index contributed by atoms with van der Waals surface area (Å²) in [6.45, 7) is 4.05. The first-order valence-electron chi connectivity index (χ1n) is 6.69. The number of hydrogen-bond donors (Lipinski definition) is 2. The lowest BCUT2D eigenvalue weighted by Gasteiger charge is -2.30. The number of amides is 1. The van der Waals surface area contributed by atoms with Crippen LogP contribution >= 0.6 is 0 Å². The van der Waals surface area contributed by atoms with E-state index in [0.717, 1.165) is 25.0 Å². The standard InChI is InChI=1S/C14H18N4O/c1-10-5-6-15-9-12(10)17-14(19)11-8-16-18-7-3-2-4-13(11)18/h2-4,7-8,10,12,15H,5-6,9H2,1H3,(H,17,19). The minimum Gasteiger partial charge on any atom is -0.348 e. The molecule has 0 radical (unpaired) electrons. The summed E-state index contributed by atoms with van der Waals surface area (Å²) in [6, 6.07) is 5.91. The first-order chi connectivity index (χ1) is 9.25. The van der Waals surface area contributed by atoms with Crippen LogP contribution in [0.25, 0.3) is 5.52 Å². The number of aromatic nitrogens is 2. The van der Waals surface area contributed by atoms with Gasteiger partial charge in [0.05, 0.1) is 17.3 Å². The van der Waals surface area contributed by atoms with Crippen molar-refractivity contribution in [3.63, 3.8) is 0 Å². The first kappa shape index (κ1) is 12.2. The Bertz CT molecular complexity index is 592. The first-order valence-corrected chi connectivity index (χ1v) is 6.69. The van der Waals surface area contributed by atoms with Gasteiger partial charge in [-0.15, -0.1) is 0 Å². The number of hydrogen-bond acceptors (Lipinski definition) is 3. The molecule has 100 valence electrons. The lowest BCUT2D eigenvalue weighted by molar-refractivity contribution is 0.0917. The number of nitrogens with zero attached hydrogens (tertiary/aromatic N) is 2. The van der Waals surface area contributed by atoms with Crippen molar-refractivity contribution in [3.8, 4) is 0 Å². The Balaban J connectivity index is 1.80. The van der Waals surface area contributed by atoms with Crippen LogP contribution in [0.1, 0.15) is 23.7 Å². The van der Waals surface area contributed by atoms with E-state index in [2.05, 4.69) is 22.7 Å². The molecule has 1 aliphatic rings. The Labute approximate surface area is 112 Å². The van der Waals surface area contributed by atoms with Crippen LogP contribution < -0.4 is 10.6 Å². The van der Waals surface area contributed by atoms with Gasteiger partial charge in [-0.05, 0) is 31.0 Å². The van der Waals surface area contributed by atoms with Crippen molar-refractivity contribution < 1.29 is 4.79 Å². The molecule has 2 unspecified atom stereocenters. The molecule has 1 fully saturated rings. The van der Waals surface area contributed by atoms with Gasteiger partial charge in [0, 0.05) is 18.8 Å². The molecule has 1 saturated heterocycles. The molecule has 19 heavy (non-hydrogen) atoms. The van der Waals surface area contributed by atoms with Gasteiger partial charge in [0.25, 0.3) is 5.91 Å². The normalized spacial score (nSPS) is 23.4. The maximum Gasteiger partial charge on any atom is 0.255 e. The third kappa shape index (κ3) is 2.33. The van der Waals surface area contributed by atoms with Gasteiger partial charge in [-0.25, -0.2) is 4.52 Å². The van der Waals surface area contributed by atoms with E-state index in [4.69, 9.17) is 0 Å². The van der Waals surface area contributed by atoms with Crippen LogP contribution in [0.2, 0.25) is 0 Å². The summed E-state index contributed by atoms with van der Waals surface area (Å²) in [5.74, 6) is 0.466. The minimum atomic E-state index is -0.0400. The number of carbonyl (C=O) groups excluding carboxylic acids is 1. The summed E-state index contributed by atoms with van der Waals surface area (Å²) in [4.78, 5) is 12.3. The van der Waals surface area contributed by atoms with Crippen LogP contribution in [0.4, 0.5) is 0 Å². The molecule has 2 atom stereocenters. The highest BCUT2D eigenvalue weighted by Crippen LogP contribution is 2.14. The van der Waals surface area contributed by atoms with Gasteiger partial charge < -0.3 is 10.6 Å². The van der Waals surface area contributed by atoms with Gasteiger partial charge in [-0.1, -0.05) is 13.0 Å². The zero-order chi connectivity index (χ0) is 13.2. The van der Waals surface area contributed by atoms with Crippen molar-refractivity contribution in [2.75, 3.05) is 13.1 Å². The van der Waals surface area contributed by atoms with Crippen molar-refractivity contribution in [2.24, 2.45) is 5.92 Å². The van der Waals surface area contributed by atoms with Crippen molar-refractivity contribution >= 4 is 11.4 Å². The lowest BCUT2D eigenvalue weighted by Crippen LogP contribution is -2.50. The van der Waals surface area contributed by atoms with E-state index in [1.165, 1.54) is 0 Å². The molecule has 2 aromatic heterocycles. The van der Waals surface area contributed by atoms with E-state index in [1.54, 1.807) is 10.7 Å².